The minimum Gasteiger partial charge on any atom is -0.378 e. The number of rotatable bonds is 3. The highest BCUT2D eigenvalue weighted by Gasteiger charge is 1.96. The van der Waals surface area contributed by atoms with Crippen molar-refractivity contribution in [2.75, 3.05) is 19.0 Å². The Balaban J connectivity index is 2.14. The number of aromatic nitrogens is 2. The molecule has 0 aliphatic rings. The van der Waals surface area contributed by atoms with Gasteiger partial charge in [-0.05, 0) is 24.3 Å². The fraction of sp³-hybridized carbons (Fsp3) is 0.231. The van der Waals surface area contributed by atoms with Crippen molar-refractivity contribution >= 4 is 17.6 Å². The normalized spacial score (nSPS) is 11.0. The molecule has 4 heteroatoms. The second kappa shape index (κ2) is 4.82. The van der Waals surface area contributed by atoms with Crippen LogP contribution >= 0.6 is 0 Å². The number of aryl methyl sites for hydroxylation is 1. The average Bonchev–Trinajstić information content (AvgIpc) is 2.73. The van der Waals surface area contributed by atoms with Crippen LogP contribution in [0.3, 0.4) is 0 Å². The van der Waals surface area contributed by atoms with Gasteiger partial charge in [0.25, 0.3) is 0 Å². The Morgan fingerprint density at radius 1 is 1.24 bits per heavy atom. The van der Waals surface area contributed by atoms with Crippen molar-refractivity contribution < 1.29 is 0 Å². The third-order valence-corrected chi connectivity index (χ3v) is 2.55. The zero-order chi connectivity index (χ0) is 12.3. The highest BCUT2D eigenvalue weighted by Crippen LogP contribution is 2.17. The Bertz CT molecular complexity index is 508. The third kappa shape index (κ3) is 2.72. The van der Waals surface area contributed by atoms with Crippen molar-refractivity contribution in [2.24, 2.45) is 12.0 Å². The topological polar surface area (TPSA) is 33.4 Å². The van der Waals surface area contributed by atoms with Crippen LogP contribution in [0.25, 0.3) is 0 Å². The molecule has 17 heavy (non-hydrogen) atoms. The van der Waals surface area contributed by atoms with E-state index >= 15 is 0 Å². The van der Waals surface area contributed by atoms with Gasteiger partial charge in [-0.25, -0.2) is 4.98 Å². The standard InChI is InChI=1S/C13H16N4/c1-16(2)12-6-4-11(5-7-12)15-10-13-14-8-9-17(13)3/h4-10H,1-3H3. The SMILES string of the molecule is CN(C)c1ccc(N=Cc2nccn2C)cc1. The summed E-state index contributed by atoms with van der Waals surface area (Å²) in [4.78, 5) is 10.6. The van der Waals surface area contributed by atoms with Crippen LogP contribution in [0.5, 0.6) is 0 Å². The fourth-order valence-electron chi connectivity index (χ4n) is 1.47. The molecule has 0 aliphatic heterocycles. The van der Waals surface area contributed by atoms with Crippen LogP contribution < -0.4 is 4.90 Å². The molecule has 2 aromatic rings. The molecule has 0 atom stereocenters. The van der Waals surface area contributed by atoms with Crippen LogP contribution in [-0.2, 0) is 7.05 Å². The quantitative estimate of drug-likeness (QED) is 0.755. The summed E-state index contributed by atoms with van der Waals surface area (Å²) in [5, 5.41) is 0. The summed E-state index contributed by atoms with van der Waals surface area (Å²) in [6.07, 6.45) is 5.43. The van der Waals surface area contributed by atoms with Crippen LogP contribution in [0.4, 0.5) is 11.4 Å². The zero-order valence-electron chi connectivity index (χ0n) is 10.3. The van der Waals surface area contributed by atoms with Crippen molar-refractivity contribution in [3.05, 3.63) is 42.5 Å². The van der Waals surface area contributed by atoms with Gasteiger partial charge in [-0.15, -0.1) is 0 Å². The van der Waals surface area contributed by atoms with E-state index in [1.165, 1.54) is 5.69 Å². The van der Waals surface area contributed by atoms with Gasteiger partial charge in [-0.3, -0.25) is 4.99 Å². The van der Waals surface area contributed by atoms with Gasteiger partial charge in [0, 0.05) is 39.2 Å². The smallest absolute Gasteiger partial charge is 0.150 e. The lowest BCUT2D eigenvalue weighted by molar-refractivity contribution is 0.902. The molecule has 2 rings (SSSR count). The molecule has 88 valence electrons. The number of aliphatic imine (C=N–C) groups is 1. The summed E-state index contributed by atoms with van der Waals surface area (Å²) in [7, 11) is 5.99. The largest absolute Gasteiger partial charge is 0.378 e. The van der Waals surface area contributed by atoms with E-state index in [4.69, 9.17) is 0 Å². The Hall–Kier alpha value is -2.10. The van der Waals surface area contributed by atoms with Gasteiger partial charge in [0.15, 0.2) is 5.82 Å². The first-order valence-electron chi connectivity index (χ1n) is 5.45. The van der Waals surface area contributed by atoms with Crippen LogP contribution in [0.15, 0.2) is 41.7 Å². The molecular formula is C13H16N4. The molecular weight excluding hydrogens is 212 g/mol. The van der Waals surface area contributed by atoms with Crippen molar-refractivity contribution in [1.82, 2.24) is 9.55 Å². The summed E-state index contributed by atoms with van der Waals surface area (Å²) < 4.78 is 1.93. The molecule has 1 aromatic carbocycles. The average molecular weight is 228 g/mol. The van der Waals surface area contributed by atoms with Crippen molar-refractivity contribution in [1.29, 1.82) is 0 Å². The van der Waals surface area contributed by atoms with Crippen molar-refractivity contribution in [2.45, 2.75) is 0 Å². The maximum absolute atomic E-state index is 4.38. The maximum atomic E-state index is 4.38. The Morgan fingerprint density at radius 2 is 1.94 bits per heavy atom. The molecule has 0 fully saturated rings. The van der Waals surface area contributed by atoms with Gasteiger partial charge in [0.2, 0.25) is 0 Å². The van der Waals surface area contributed by atoms with Crippen LogP contribution in [0, 0.1) is 0 Å². The predicted molar refractivity (Wildman–Crippen MR) is 71.2 cm³/mol. The predicted octanol–water partition coefficient (Wildman–Crippen LogP) is 2.24. The number of hydrogen-bond donors (Lipinski definition) is 0. The third-order valence-electron chi connectivity index (χ3n) is 2.55. The number of hydrogen-bond acceptors (Lipinski definition) is 3. The Morgan fingerprint density at radius 3 is 2.47 bits per heavy atom. The number of imidazole rings is 1. The summed E-state index contributed by atoms with van der Waals surface area (Å²) in [6.45, 7) is 0. The molecule has 0 saturated carbocycles. The molecule has 0 bridgehead atoms. The van der Waals surface area contributed by atoms with E-state index in [0.717, 1.165) is 11.5 Å². The highest BCUT2D eigenvalue weighted by atomic mass is 15.1. The first kappa shape index (κ1) is 11.4. The second-order valence-electron chi connectivity index (χ2n) is 4.07. The molecule has 1 aromatic heterocycles. The second-order valence-corrected chi connectivity index (χ2v) is 4.07. The van der Waals surface area contributed by atoms with Gasteiger partial charge >= 0.3 is 0 Å². The van der Waals surface area contributed by atoms with Gasteiger partial charge in [0.05, 0.1) is 11.9 Å². The molecule has 0 N–H and O–H groups in total. The highest BCUT2D eigenvalue weighted by molar-refractivity contribution is 5.77. The van der Waals surface area contributed by atoms with E-state index in [1.54, 1.807) is 12.4 Å². The zero-order valence-corrected chi connectivity index (χ0v) is 10.3. The number of anilines is 1. The van der Waals surface area contributed by atoms with Gasteiger partial charge in [-0.1, -0.05) is 0 Å². The minimum absolute atomic E-state index is 0.849. The van der Waals surface area contributed by atoms with E-state index in [2.05, 4.69) is 14.9 Å². The summed E-state index contributed by atoms with van der Waals surface area (Å²) in [5.74, 6) is 0.849. The summed E-state index contributed by atoms with van der Waals surface area (Å²) >= 11 is 0. The van der Waals surface area contributed by atoms with Gasteiger partial charge in [-0.2, -0.15) is 0 Å². The first-order chi connectivity index (χ1) is 8.16. The Labute approximate surface area is 101 Å². The number of nitrogens with zero attached hydrogens (tertiary/aromatic N) is 4. The van der Waals surface area contributed by atoms with E-state index in [9.17, 15) is 0 Å². The monoisotopic (exact) mass is 228 g/mol. The van der Waals surface area contributed by atoms with Crippen LogP contribution in [0.1, 0.15) is 5.82 Å². The van der Waals surface area contributed by atoms with Crippen molar-refractivity contribution in [3.8, 4) is 0 Å². The Kier molecular flexibility index (Phi) is 3.23. The molecule has 1 heterocycles. The molecule has 0 spiro atoms. The molecule has 0 amide bonds. The summed E-state index contributed by atoms with van der Waals surface area (Å²) in [6, 6.07) is 8.08. The first-order valence-corrected chi connectivity index (χ1v) is 5.45. The van der Waals surface area contributed by atoms with E-state index in [-0.39, 0.29) is 0 Å². The summed E-state index contributed by atoms with van der Waals surface area (Å²) in [5.41, 5.74) is 2.10. The van der Waals surface area contributed by atoms with Crippen molar-refractivity contribution in [3.63, 3.8) is 0 Å². The molecule has 0 saturated heterocycles. The lowest BCUT2D eigenvalue weighted by atomic mass is 10.3. The molecule has 0 unspecified atom stereocenters. The van der Waals surface area contributed by atoms with E-state index < -0.39 is 0 Å². The van der Waals surface area contributed by atoms with Crippen LogP contribution in [-0.4, -0.2) is 29.9 Å². The minimum atomic E-state index is 0.849. The number of benzene rings is 1. The molecule has 4 nitrogen and oxygen atoms in total. The van der Waals surface area contributed by atoms with E-state index in [1.807, 2.05) is 56.2 Å². The molecule has 0 radical (unpaired) electrons. The maximum Gasteiger partial charge on any atom is 0.150 e. The lowest BCUT2D eigenvalue weighted by Gasteiger charge is -2.11. The van der Waals surface area contributed by atoms with Gasteiger partial charge in [0.1, 0.15) is 0 Å². The molecule has 0 aliphatic carbocycles. The lowest BCUT2D eigenvalue weighted by Crippen LogP contribution is -2.07. The van der Waals surface area contributed by atoms with E-state index in [0.29, 0.717) is 0 Å². The van der Waals surface area contributed by atoms with Gasteiger partial charge < -0.3 is 9.47 Å². The fourth-order valence-corrected chi connectivity index (χ4v) is 1.47. The van der Waals surface area contributed by atoms with Crippen LogP contribution in [0.2, 0.25) is 0 Å².